The number of nitrogens with zero attached hydrogens (tertiary/aromatic N) is 1. The fourth-order valence-electron chi connectivity index (χ4n) is 1.94. The lowest BCUT2D eigenvalue weighted by Gasteiger charge is -2.13. The fraction of sp³-hybridized carbons (Fsp3) is 0.143. The van der Waals surface area contributed by atoms with Crippen LogP contribution in [0.2, 0.25) is 5.02 Å². The number of hydrogen-bond donors (Lipinski definition) is 1. The molecule has 2 aromatic rings. The molecule has 2 aromatic carbocycles. The molecular weight excluding hydrogens is 385 g/mol. The van der Waals surface area contributed by atoms with E-state index < -0.39 is 43.0 Å². The van der Waals surface area contributed by atoms with Gasteiger partial charge < -0.3 is 0 Å². The average molecular weight is 395 g/mol. The zero-order valence-electron chi connectivity index (χ0n) is 12.5. The number of hydrogen-bond acceptors (Lipinski definition) is 4. The first kappa shape index (κ1) is 19.0. The molecule has 0 bridgehead atoms. The van der Waals surface area contributed by atoms with Crippen molar-refractivity contribution in [2.45, 2.75) is 18.0 Å². The zero-order valence-corrected chi connectivity index (χ0v) is 14.0. The summed E-state index contributed by atoms with van der Waals surface area (Å²) in [4.78, 5) is 9.68. The first-order valence-electron chi connectivity index (χ1n) is 6.56. The van der Waals surface area contributed by atoms with E-state index in [1.165, 1.54) is 13.0 Å². The van der Waals surface area contributed by atoms with Gasteiger partial charge in [-0.3, -0.25) is 14.8 Å². The molecule has 0 spiro atoms. The Morgan fingerprint density at radius 3 is 2.36 bits per heavy atom. The smallest absolute Gasteiger partial charge is 0.278 e. The highest BCUT2D eigenvalue weighted by molar-refractivity contribution is 7.92. The maximum absolute atomic E-state index is 12.7. The van der Waals surface area contributed by atoms with E-state index in [0.717, 1.165) is 18.2 Å². The standard InChI is InChI=1S/C14H10ClF3N2O4S/c1-8-2-4-10(7-13(8)20(21)22)25(23,24)19-12-6-9(14(16,17)18)3-5-11(12)15/h2-7,19H,1H3. The molecule has 0 fully saturated rings. The number of alkyl halides is 3. The predicted molar refractivity (Wildman–Crippen MR) is 85.1 cm³/mol. The van der Waals surface area contributed by atoms with Crippen LogP contribution in [0.5, 0.6) is 0 Å². The lowest BCUT2D eigenvalue weighted by Crippen LogP contribution is -2.15. The summed E-state index contributed by atoms with van der Waals surface area (Å²) in [5.74, 6) is 0. The molecule has 11 heteroatoms. The van der Waals surface area contributed by atoms with Crippen LogP contribution < -0.4 is 4.72 Å². The van der Waals surface area contributed by atoms with Crippen molar-refractivity contribution >= 4 is 33.0 Å². The lowest BCUT2D eigenvalue weighted by molar-refractivity contribution is -0.385. The van der Waals surface area contributed by atoms with Crippen molar-refractivity contribution in [3.05, 3.63) is 62.7 Å². The van der Waals surface area contributed by atoms with Crippen molar-refractivity contribution in [1.29, 1.82) is 0 Å². The molecule has 0 saturated carbocycles. The summed E-state index contributed by atoms with van der Waals surface area (Å²) in [6.07, 6.45) is -4.69. The number of benzene rings is 2. The monoisotopic (exact) mass is 394 g/mol. The highest BCUT2D eigenvalue weighted by Gasteiger charge is 2.31. The number of nitro benzene ring substituents is 1. The Bertz CT molecular complexity index is 946. The van der Waals surface area contributed by atoms with Crippen LogP contribution >= 0.6 is 11.6 Å². The van der Waals surface area contributed by atoms with Gasteiger partial charge in [0.25, 0.3) is 15.7 Å². The Morgan fingerprint density at radius 1 is 1.16 bits per heavy atom. The molecule has 0 heterocycles. The first-order chi connectivity index (χ1) is 11.4. The topological polar surface area (TPSA) is 89.3 Å². The van der Waals surface area contributed by atoms with Crippen molar-refractivity contribution in [1.82, 2.24) is 0 Å². The number of nitrogens with one attached hydrogen (secondary N) is 1. The molecular formula is C14H10ClF3N2O4S. The van der Waals surface area contributed by atoms with E-state index >= 15 is 0 Å². The average Bonchev–Trinajstić information content (AvgIpc) is 2.48. The molecule has 0 amide bonds. The molecule has 2 rings (SSSR count). The molecule has 0 atom stereocenters. The minimum absolute atomic E-state index is 0.237. The molecule has 0 radical (unpaired) electrons. The number of nitro groups is 1. The Morgan fingerprint density at radius 2 is 1.80 bits per heavy atom. The number of rotatable bonds is 4. The van der Waals surface area contributed by atoms with Gasteiger partial charge in [0.15, 0.2) is 0 Å². The van der Waals surface area contributed by atoms with Crippen molar-refractivity contribution in [3.63, 3.8) is 0 Å². The molecule has 0 aliphatic carbocycles. The van der Waals surface area contributed by atoms with E-state index in [2.05, 4.69) is 0 Å². The largest absolute Gasteiger partial charge is 0.416 e. The van der Waals surface area contributed by atoms with Gasteiger partial charge >= 0.3 is 6.18 Å². The van der Waals surface area contributed by atoms with Gasteiger partial charge in [-0.2, -0.15) is 13.2 Å². The van der Waals surface area contributed by atoms with Gasteiger partial charge in [0.1, 0.15) is 0 Å². The maximum Gasteiger partial charge on any atom is 0.416 e. The molecule has 0 aromatic heterocycles. The molecule has 0 aliphatic rings. The van der Waals surface area contributed by atoms with E-state index in [4.69, 9.17) is 11.6 Å². The van der Waals surface area contributed by atoms with E-state index in [1.807, 2.05) is 4.72 Å². The van der Waals surface area contributed by atoms with Crippen LogP contribution in [-0.4, -0.2) is 13.3 Å². The summed E-state index contributed by atoms with van der Waals surface area (Å²) in [5, 5.41) is 10.7. The fourth-order valence-corrected chi connectivity index (χ4v) is 3.25. The Kier molecular flexibility index (Phi) is 4.96. The third-order valence-electron chi connectivity index (χ3n) is 3.23. The van der Waals surface area contributed by atoms with Crippen LogP contribution in [0, 0.1) is 17.0 Å². The van der Waals surface area contributed by atoms with Gasteiger partial charge in [-0.1, -0.05) is 17.7 Å². The highest BCUT2D eigenvalue weighted by Crippen LogP contribution is 2.35. The van der Waals surface area contributed by atoms with Crippen LogP contribution in [0.25, 0.3) is 0 Å². The van der Waals surface area contributed by atoms with Crippen LogP contribution in [0.1, 0.15) is 11.1 Å². The SMILES string of the molecule is Cc1ccc(S(=O)(=O)Nc2cc(C(F)(F)F)ccc2Cl)cc1[N+](=O)[O-]. The van der Waals surface area contributed by atoms with Gasteiger partial charge in [0.2, 0.25) is 0 Å². The van der Waals surface area contributed by atoms with Crippen LogP contribution in [0.4, 0.5) is 24.5 Å². The third-order valence-corrected chi connectivity index (χ3v) is 4.92. The zero-order chi connectivity index (χ0) is 19.0. The number of sulfonamides is 1. The molecule has 0 unspecified atom stereocenters. The van der Waals surface area contributed by atoms with Crippen molar-refractivity contribution in [2.75, 3.05) is 4.72 Å². The highest BCUT2D eigenvalue weighted by atomic mass is 35.5. The summed E-state index contributed by atoms with van der Waals surface area (Å²) >= 11 is 5.74. The molecule has 25 heavy (non-hydrogen) atoms. The normalized spacial score (nSPS) is 12.0. The minimum atomic E-state index is -4.69. The predicted octanol–water partition coefficient (Wildman–Crippen LogP) is 4.38. The van der Waals surface area contributed by atoms with Crippen LogP contribution in [-0.2, 0) is 16.2 Å². The summed E-state index contributed by atoms with van der Waals surface area (Å²) < 4.78 is 64.8. The van der Waals surface area contributed by atoms with E-state index in [-0.39, 0.29) is 10.6 Å². The first-order valence-corrected chi connectivity index (χ1v) is 8.42. The molecule has 0 saturated heterocycles. The Hall–Kier alpha value is -2.33. The number of aryl methyl sites for hydroxylation is 1. The quantitative estimate of drug-likeness (QED) is 0.615. The second-order valence-electron chi connectivity index (χ2n) is 5.00. The van der Waals surface area contributed by atoms with Crippen LogP contribution in [0.3, 0.4) is 0 Å². The molecule has 0 aliphatic heterocycles. The van der Waals surface area contributed by atoms with Gasteiger partial charge in [-0.15, -0.1) is 0 Å². The van der Waals surface area contributed by atoms with Gasteiger partial charge in [-0.05, 0) is 31.2 Å². The van der Waals surface area contributed by atoms with E-state index in [0.29, 0.717) is 12.1 Å². The Balaban J connectivity index is 2.46. The van der Waals surface area contributed by atoms with Crippen LogP contribution in [0.15, 0.2) is 41.3 Å². The maximum atomic E-state index is 12.7. The van der Waals surface area contributed by atoms with E-state index in [9.17, 15) is 31.7 Å². The third kappa shape index (κ3) is 4.20. The summed E-state index contributed by atoms with van der Waals surface area (Å²) in [5.41, 5.74) is -1.77. The van der Waals surface area contributed by atoms with Crippen molar-refractivity contribution in [3.8, 4) is 0 Å². The molecule has 1 N–H and O–H groups in total. The summed E-state index contributed by atoms with van der Waals surface area (Å²) in [6.45, 7) is 1.42. The number of anilines is 1. The second kappa shape index (κ2) is 6.52. The number of halogens is 4. The van der Waals surface area contributed by atoms with Crippen molar-refractivity contribution in [2.24, 2.45) is 0 Å². The lowest BCUT2D eigenvalue weighted by atomic mass is 10.2. The van der Waals surface area contributed by atoms with Gasteiger partial charge in [0.05, 0.1) is 26.1 Å². The van der Waals surface area contributed by atoms with Gasteiger partial charge in [-0.25, -0.2) is 8.42 Å². The Labute approximate surface area is 145 Å². The minimum Gasteiger partial charge on any atom is -0.278 e. The summed E-state index contributed by atoms with van der Waals surface area (Å²) in [6, 6.07) is 5.30. The second-order valence-corrected chi connectivity index (χ2v) is 7.09. The van der Waals surface area contributed by atoms with Gasteiger partial charge in [0, 0.05) is 11.6 Å². The van der Waals surface area contributed by atoms with Crippen molar-refractivity contribution < 1.29 is 26.5 Å². The molecule has 134 valence electrons. The summed E-state index contributed by atoms with van der Waals surface area (Å²) in [7, 11) is -4.38. The molecule has 6 nitrogen and oxygen atoms in total. The van der Waals surface area contributed by atoms with E-state index in [1.54, 1.807) is 0 Å².